The number of nitrogens with zero attached hydrogens (tertiary/aromatic N) is 3. The van der Waals surface area contributed by atoms with Gasteiger partial charge in [-0.15, -0.1) is 0 Å². The fourth-order valence-corrected chi connectivity index (χ4v) is 7.16. The van der Waals surface area contributed by atoms with Crippen molar-refractivity contribution in [1.82, 2.24) is 9.55 Å². The van der Waals surface area contributed by atoms with Gasteiger partial charge < -0.3 is 23.4 Å². The number of rotatable bonds is 9. The summed E-state index contributed by atoms with van der Waals surface area (Å²) in [5.41, 5.74) is 1.80. The summed E-state index contributed by atoms with van der Waals surface area (Å²) in [6.07, 6.45) is 3.45. The highest BCUT2D eigenvalue weighted by Crippen LogP contribution is 2.42. The maximum Gasteiger partial charge on any atom is 0.338 e. The van der Waals surface area contributed by atoms with Crippen LogP contribution < -0.4 is 29.1 Å². The minimum Gasteiger partial charge on any atom is -0.493 e. The van der Waals surface area contributed by atoms with E-state index in [4.69, 9.17) is 23.4 Å². The molecular weight excluding hydrogens is 615 g/mol. The van der Waals surface area contributed by atoms with E-state index in [0.717, 1.165) is 15.8 Å². The largest absolute Gasteiger partial charge is 0.493 e. The second-order valence-electron chi connectivity index (χ2n) is 9.85. The van der Waals surface area contributed by atoms with Gasteiger partial charge in [-0.3, -0.25) is 14.3 Å². The molecule has 5 aromatic rings. The first kappa shape index (κ1) is 30.2. The van der Waals surface area contributed by atoms with Crippen molar-refractivity contribution in [3.05, 3.63) is 103 Å². The van der Waals surface area contributed by atoms with Crippen LogP contribution >= 0.6 is 23.1 Å². The first-order valence-electron chi connectivity index (χ1n) is 14.0. The summed E-state index contributed by atoms with van der Waals surface area (Å²) in [6.45, 7) is 3.62. The Hall–Kier alpha value is -4.81. The molecule has 1 aliphatic rings. The van der Waals surface area contributed by atoms with E-state index >= 15 is 0 Å². The summed E-state index contributed by atoms with van der Waals surface area (Å²) in [7, 11) is 4.52. The zero-order chi connectivity index (χ0) is 31.7. The van der Waals surface area contributed by atoms with Crippen LogP contribution in [0.25, 0.3) is 17.0 Å². The molecule has 0 bridgehead atoms. The smallest absolute Gasteiger partial charge is 0.338 e. The maximum atomic E-state index is 14.1. The van der Waals surface area contributed by atoms with Crippen LogP contribution in [0.3, 0.4) is 0 Å². The molecule has 0 radical (unpaired) electrons. The van der Waals surface area contributed by atoms with E-state index in [2.05, 4.69) is 9.98 Å². The first-order valence-corrected chi connectivity index (χ1v) is 15.6. The standard InChI is InChI=1S/C33H29N3O7S2/c1-6-42-32(38)27-18(2)35-33-36(29(27)20-15-22(39-3)30(41-5)23(16-20)40-4)31(37)25(45-33)17-21-12-13-26(43-21)44-24-11-7-9-19-10-8-14-34-28(19)24/h7-17,29H,6H2,1-5H3/b25-17-/t29-/m1/s1. The molecular formula is C33H29N3O7S2. The molecule has 45 heavy (non-hydrogen) atoms. The number of furan rings is 1. The fourth-order valence-electron chi connectivity index (χ4n) is 5.23. The zero-order valence-electron chi connectivity index (χ0n) is 25.2. The first-order chi connectivity index (χ1) is 21.9. The van der Waals surface area contributed by atoms with Crippen LogP contribution in [0.1, 0.15) is 31.2 Å². The number of pyridine rings is 1. The van der Waals surface area contributed by atoms with Crippen molar-refractivity contribution in [1.29, 1.82) is 0 Å². The van der Waals surface area contributed by atoms with Gasteiger partial charge in [0.25, 0.3) is 5.56 Å². The van der Waals surface area contributed by atoms with E-state index in [1.807, 2.05) is 42.5 Å². The third-order valence-corrected chi connectivity index (χ3v) is 9.15. The number of carbonyl (C=O) groups excluding carboxylic acids is 1. The molecule has 0 N–H and O–H groups in total. The number of hydrogen-bond donors (Lipinski definition) is 0. The maximum absolute atomic E-state index is 14.1. The topological polar surface area (TPSA) is 114 Å². The Balaban J connectivity index is 1.45. The van der Waals surface area contributed by atoms with Crippen molar-refractivity contribution in [3.8, 4) is 17.2 Å². The molecule has 1 atom stereocenters. The number of allylic oxidation sites excluding steroid dienone is 1. The molecule has 3 aromatic heterocycles. The molecule has 0 aliphatic carbocycles. The van der Waals surface area contributed by atoms with Crippen LogP contribution in [0.5, 0.6) is 17.2 Å². The second-order valence-corrected chi connectivity index (χ2v) is 11.9. The molecule has 0 saturated carbocycles. The van der Waals surface area contributed by atoms with Gasteiger partial charge in [0, 0.05) is 22.6 Å². The van der Waals surface area contributed by atoms with Gasteiger partial charge in [0.05, 0.1) is 55.3 Å². The van der Waals surface area contributed by atoms with Crippen molar-refractivity contribution < 1.29 is 28.2 Å². The molecule has 12 heteroatoms. The van der Waals surface area contributed by atoms with Crippen molar-refractivity contribution in [3.63, 3.8) is 0 Å². The van der Waals surface area contributed by atoms with E-state index in [9.17, 15) is 9.59 Å². The van der Waals surface area contributed by atoms with Crippen LogP contribution in [0.15, 0.2) is 96.3 Å². The average Bonchev–Trinajstić information content (AvgIpc) is 3.62. The van der Waals surface area contributed by atoms with Crippen LogP contribution in [-0.2, 0) is 9.53 Å². The lowest BCUT2D eigenvalue weighted by atomic mass is 9.95. The lowest BCUT2D eigenvalue weighted by molar-refractivity contribution is -0.139. The number of ether oxygens (including phenoxy) is 4. The lowest BCUT2D eigenvalue weighted by Crippen LogP contribution is -2.40. The number of esters is 1. The molecule has 6 rings (SSSR count). The predicted molar refractivity (Wildman–Crippen MR) is 171 cm³/mol. The Kier molecular flexibility index (Phi) is 8.50. The molecule has 0 unspecified atom stereocenters. The Morgan fingerprint density at radius 2 is 1.82 bits per heavy atom. The van der Waals surface area contributed by atoms with Gasteiger partial charge in [-0.1, -0.05) is 29.5 Å². The highest BCUT2D eigenvalue weighted by molar-refractivity contribution is 7.99. The van der Waals surface area contributed by atoms with Crippen LogP contribution in [0, 0.1) is 0 Å². The summed E-state index contributed by atoms with van der Waals surface area (Å²) in [4.78, 5) is 37.9. The van der Waals surface area contributed by atoms with Gasteiger partial charge in [0.2, 0.25) is 5.75 Å². The van der Waals surface area contributed by atoms with Gasteiger partial charge in [-0.2, -0.15) is 0 Å². The van der Waals surface area contributed by atoms with E-state index in [1.54, 1.807) is 38.3 Å². The normalized spacial score (nSPS) is 14.7. The number of fused-ring (bicyclic) bond motifs is 2. The quantitative estimate of drug-likeness (QED) is 0.202. The molecule has 0 saturated heterocycles. The summed E-state index contributed by atoms with van der Waals surface area (Å²) >= 11 is 2.66. The number of para-hydroxylation sites is 1. The van der Waals surface area contributed by atoms with Gasteiger partial charge >= 0.3 is 5.97 Å². The summed E-state index contributed by atoms with van der Waals surface area (Å²) in [5, 5.41) is 1.69. The highest BCUT2D eigenvalue weighted by Gasteiger charge is 2.34. The van der Waals surface area contributed by atoms with Gasteiger partial charge in [-0.25, -0.2) is 9.79 Å². The van der Waals surface area contributed by atoms with E-state index in [-0.39, 0.29) is 17.7 Å². The SMILES string of the molecule is CCOC(=O)C1=C(C)N=c2s/c(=C\c3ccc(Sc4cccc5cccnc45)o3)c(=O)n2[C@@H]1c1cc(OC)c(OC)c(OC)c1. The Morgan fingerprint density at radius 1 is 1.07 bits per heavy atom. The average molecular weight is 644 g/mol. The monoisotopic (exact) mass is 643 g/mol. The molecule has 230 valence electrons. The number of hydrogen-bond acceptors (Lipinski definition) is 11. The molecule has 0 amide bonds. The second kappa shape index (κ2) is 12.7. The molecule has 2 aromatic carbocycles. The Bertz CT molecular complexity index is 2110. The van der Waals surface area contributed by atoms with Gasteiger partial charge in [-0.05, 0) is 67.6 Å². The highest BCUT2D eigenvalue weighted by atomic mass is 32.2. The molecule has 1 aliphatic heterocycles. The van der Waals surface area contributed by atoms with E-state index < -0.39 is 12.0 Å². The van der Waals surface area contributed by atoms with Gasteiger partial charge in [0.1, 0.15) is 5.76 Å². The molecule has 4 heterocycles. The van der Waals surface area contributed by atoms with E-state index in [1.165, 1.54) is 49.0 Å². The zero-order valence-corrected chi connectivity index (χ0v) is 26.8. The van der Waals surface area contributed by atoms with Crippen molar-refractivity contribution >= 4 is 46.0 Å². The number of thiazole rings is 1. The molecule has 0 fully saturated rings. The minimum atomic E-state index is -0.863. The fraction of sp³-hybridized carbons (Fsp3) is 0.212. The van der Waals surface area contributed by atoms with Gasteiger partial charge in [0.15, 0.2) is 21.4 Å². The minimum absolute atomic E-state index is 0.162. The number of benzene rings is 2. The van der Waals surface area contributed by atoms with Crippen LogP contribution in [0.2, 0.25) is 0 Å². The number of methoxy groups -OCH3 is 3. The third-order valence-electron chi connectivity index (χ3n) is 7.20. The van der Waals surface area contributed by atoms with E-state index in [0.29, 0.717) is 48.7 Å². The molecule has 0 spiro atoms. The third kappa shape index (κ3) is 5.62. The Morgan fingerprint density at radius 3 is 2.53 bits per heavy atom. The van der Waals surface area contributed by atoms with Crippen LogP contribution in [0.4, 0.5) is 0 Å². The van der Waals surface area contributed by atoms with Crippen LogP contribution in [-0.4, -0.2) is 43.5 Å². The summed E-state index contributed by atoms with van der Waals surface area (Å²) in [5.74, 6) is 1.09. The number of carbonyl (C=O) groups is 1. The van der Waals surface area contributed by atoms with Crippen molar-refractivity contribution in [2.75, 3.05) is 27.9 Å². The summed E-state index contributed by atoms with van der Waals surface area (Å²) < 4.78 is 30.1. The Labute approximate surface area is 266 Å². The van der Waals surface area contributed by atoms with Crippen molar-refractivity contribution in [2.45, 2.75) is 29.9 Å². The molecule has 10 nitrogen and oxygen atoms in total. The lowest BCUT2D eigenvalue weighted by Gasteiger charge is -2.26. The predicted octanol–water partition coefficient (Wildman–Crippen LogP) is 5.12. The van der Waals surface area contributed by atoms with Crippen molar-refractivity contribution in [2.24, 2.45) is 4.99 Å². The number of aromatic nitrogens is 2. The summed E-state index contributed by atoms with van der Waals surface area (Å²) in [6, 6.07) is 16.2.